The number of rotatable bonds is 3. The monoisotopic (exact) mass is 376 g/mol. The number of ether oxygens (including phenoxy) is 1. The fourth-order valence-corrected chi connectivity index (χ4v) is 7.26. The first-order valence-corrected chi connectivity index (χ1v) is 10.3. The van der Waals surface area contributed by atoms with E-state index in [4.69, 9.17) is 16.3 Å². The Morgan fingerprint density at radius 3 is 2.38 bits per heavy atom. The van der Waals surface area contributed by atoms with Crippen LogP contribution in [0.4, 0.5) is 5.69 Å². The highest BCUT2D eigenvalue weighted by Crippen LogP contribution is 2.61. The molecule has 4 aliphatic carbocycles. The summed E-state index contributed by atoms with van der Waals surface area (Å²) in [4.78, 5) is 0.0214. The summed E-state index contributed by atoms with van der Waals surface area (Å²) in [6, 6.07) is 8.51. The van der Waals surface area contributed by atoms with E-state index in [1.807, 2.05) is 18.2 Å². The van der Waals surface area contributed by atoms with Crippen LogP contribution in [0.2, 0.25) is 0 Å². The first-order valence-electron chi connectivity index (χ1n) is 9.92. The first kappa shape index (κ1) is 17.2. The quantitative estimate of drug-likeness (QED) is 0.808. The van der Waals surface area contributed by atoms with Gasteiger partial charge in [-0.3, -0.25) is 5.01 Å². The fraction of sp³-hybridized carbons (Fsp3) is 0.714. The standard InChI is InChI=1S/C21H29ClN2O2/c1-20(2)19(25)23(24(20)16-6-4-5-7-17(16)26-3)18-14-8-13-9-15(18)12-21(22,10-13)11-14/h4-7,13-15,18-19,25H,8-12H2,1-3H3. The molecular formula is C21H29ClN2O2. The summed E-state index contributed by atoms with van der Waals surface area (Å²) < 4.78 is 5.63. The summed E-state index contributed by atoms with van der Waals surface area (Å²) in [6.07, 6.45) is 5.43. The summed E-state index contributed by atoms with van der Waals surface area (Å²) in [7, 11) is 1.71. The molecule has 5 fully saturated rings. The van der Waals surface area contributed by atoms with Crippen molar-refractivity contribution in [1.82, 2.24) is 5.01 Å². The van der Waals surface area contributed by atoms with E-state index in [-0.39, 0.29) is 10.4 Å². The van der Waals surface area contributed by atoms with Gasteiger partial charge in [-0.1, -0.05) is 12.1 Å². The zero-order valence-corrected chi connectivity index (χ0v) is 16.6. The minimum absolute atomic E-state index is 0.0214. The molecular weight excluding hydrogens is 348 g/mol. The molecule has 5 heteroatoms. The van der Waals surface area contributed by atoms with Gasteiger partial charge >= 0.3 is 0 Å². The Morgan fingerprint density at radius 1 is 1.12 bits per heavy atom. The van der Waals surface area contributed by atoms with Crippen molar-refractivity contribution in [2.45, 2.75) is 68.6 Å². The number of anilines is 1. The van der Waals surface area contributed by atoms with Crippen LogP contribution in [0.1, 0.15) is 46.0 Å². The second kappa shape index (κ2) is 5.52. The van der Waals surface area contributed by atoms with Crippen molar-refractivity contribution >= 4 is 17.3 Å². The third-order valence-corrected chi connectivity index (χ3v) is 7.89. The molecule has 1 heterocycles. The normalized spacial score (nSPS) is 43.4. The minimum atomic E-state index is -0.471. The summed E-state index contributed by atoms with van der Waals surface area (Å²) >= 11 is 6.94. The molecule has 1 aromatic carbocycles. The van der Waals surface area contributed by atoms with E-state index in [1.54, 1.807) is 7.11 Å². The maximum Gasteiger partial charge on any atom is 0.148 e. The predicted octanol–water partition coefficient (Wildman–Crippen LogP) is 4.02. The highest BCUT2D eigenvalue weighted by Gasteiger charge is 2.63. The van der Waals surface area contributed by atoms with Crippen LogP contribution >= 0.6 is 11.6 Å². The van der Waals surface area contributed by atoms with E-state index in [2.05, 4.69) is 29.9 Å². The van der Waals surface area contributed by atoms with Crippen LogP contribution in [-0.2, 0) is 0 Å². The van der Waals surface area contributed by atoms with Gasteiger partial charge in [0, 0.05) is 10.9 Å². The van der Waals surface area contributed by atoms with Crippen molar-refractivity contribution in [1.29, 1.82) is 0 Å². The highest BCUT2D eigenvalue weighted by molar-refractivity contribution is 6.24. The molecule has 5 aliphatic rings. The first-order chi connectivity index (χ1) is 12.3. The van der Waals surface area contributed by atoms with Crippen molar-refractivity contribution in [2.75, 3.05) is 12.1 Å². The maximum absolute atomic E-state index is 11.1. The lowest BCUT2D eigenvalue weighted by Crippen LogP contribution is -2.82. The average molecular weight is 377 g/mol. The number of aliphatic hydroxyl groups excluding tert-OH is 1. The summed E-state index contributed by atoms with van der Waals surface area (Å²) in [5.74, 6) is 2.81. The largest absolute Gasteiger partial charge is 0.495 e. The minimum Gasteiger partial charge on any atom is -0.495 e. The molecule has 0 aromatic heterocycles. The topological polar surface area (TPSA) is 35.9 Å². The van der Waals surface area contributed by atoms with Crippen molar-refractivity contribution in [2.24, 2.45) is 17.8 Å². The number of aliphatic hydroxyl groups is 1. The third kappa shape index (κ3) is 2.22. The molecule has 4 saturated carbocycles. The Kier molecular flexibility index (Phi) is 3.64. The summed E-state index contributed by atoms with van der Waals surface area (Å²) in [6.45, 7) is 4.22. The van der Waals surface area contributed by atoms with Crippen molar-refractivity contribution in [3.8, 4) is 5.75 Å². The van der Waals surface area contributed by atoms with Crippen LogP contribution in [0.3, 0.4) is 0 Å². The van der Waals surface area contributed by atoms with Crippen LogP contribution in [0, 0.1) is 17.8 Å². The molecule has 1 aliphatic heterocycles. The molecule has 1 saturated heterocycles. The number of alkyl halides is 1. The van der Waals surface area contributed by atoms with Gasteiger partial charge in [0.25, 0.3) is 0 Å². The lowest BCUT2D eigenvalue weighted by atomic mass is 9.53. The Hall–Kier alpha value is -0.970. The van der Waals surface area contributed by atoms with E-state index < -0.39 is 6.23 Å². The number of methoxy groups -OCH3 is 1. The van der Waals surface area contributed by atoms with Crippen LogP contribution in [-0.4, -0.2) is 39.9 Å². The molecule has 3 unspecified atom stereocenters. The van der Waals surface area contributed by atoms with Gasteiger partial charge in [0.05, 0.1) is 18.3 Å². The Balaban J connectivity index is 1.52. The van der Waals surface area contributed by atoms with Gasteiger partial charge in [0.1, 0.15) is 12.0 Å². The zero-order valence-electron chi connectivity index (χ0n) is 15.9. The predicted molar refractivity (Wildman–Crippen MR) is 103 cm³/mol. The number of hydrazine groups is 1. The molecule has 6 rings (SSSR count). The molecule has 1 aromatic rings. The average Bonchev–Trinajstić information content (AvgIpc) is 2.58. The van der Waals surface area contributed by atoms with E-state index >= 15 is 0 Å². The Labute approximate surface area is 161 Å². The SMILES string of the molecule is COc1ccccc1N1N(C2C3CC4CC2CC(Cl)(C4)C3)C(O)C1(C)C. The molecule has 0 radical (unpaired) electrons. The molecule has 4 nitrogen and oxygen atoms in total. The zero-order chi connectivity index (χ0) is 18.3. The number of hydrogen-bond donors (Lipinski definition) is 1. The molecule has 0 spiro atoms. The lowest BCUT2D eigenvalue weighted by Gasteiger charge is -2.69. The smallest absolute Gasteiger partial charge is 0.148 e. The van der Waals surface area contributed by atoms with Crippen LogP contribution in [0.15, 0.2) is 24.3 Å². The molecule has 0 amide bonds. The van der Waals surface area contributed by atoms with Gasteiger partial charge in [-0.15, -0.1) is 11.6 Å². The number of nitrogens with zero attached hydrogens (tertiary/aromatic N) is 2. The molecule has 1 N–H and O–H groups in total. The van der Waals surface area contributed by atoms with E-state index in [0.29, 0.717) is 17.9 Å². The van der Waals surface area contributed by atoms with Crippen LogP contribution in [0.5, 0.6) is 5.75 Å². The van der Waals surface area contributed by atoms with Gasteiger partial charge in [0.15, 0.2) is 0 Å². The second-order valence-corrected chi connectivity index (χ2v) is 10.3. The second-order valence-electron chi connectivity index (χ2n) is 9.50. The lowest BCUT2D eigenvalue weighted by molar-refractivity contribution is -0.212. The number of halogens is 1. The van der Waals surface area contributed by atoms with E-state index in [9.17, 15) is 5.11 Å². The molecule has 142 valence electrons. The van der Waals surface area contributed by atoms with Gasteiger partial charge in [-0.05, 0) is 75.8 Å². The van der Waals surface area contributed by atoms with E-state index in [1.165, 1.54) is 19.3 Å². The van der Waals surface area contributed by atoms with Gasteiger partial charge in [0.2, 0.25) is 0 Å². The number of benzene rings is 1. The summed E-state index contributed by atoms with van der Waals surface area (Å²) in [5, 5.41) is 15.6. The van der Waals surface area contributed by atoms with Crippen LogP contribution in [0.25, 0.3) is 0 Å². The van der Waals surface area contributed by atoms with Crippen LogP contribution < -0.4 is 9.75 Å². The number of hydrogen-bond acceptors (Lipinski definition) is 4. The van der Waals surface area contributed by atoms with Gasteiger partial charge in [-0.25, -0.2) is 0 Å². The molecule has 3 atom stereocenters. The van der Waals surface area contributed by atoms with E-state index in [0.717, 1.165) is 30.2 Å². The van der Waals surface area contributed by atoms with Crippen molar-refractivity contribution in [3.05, 3.63) is 24.3 Å². The van der Waals surface area contributed by atoms with Crippen molar-refractivity contribution < 1.29 is 9.84 Å². The van der Waals surface area contributed by atoms with Gasteiger partial charge in [-0.2, -0.15) is 5.01 Å². The maximum atomic E-state index is 11.1. The summed E-state index contributed by atoms with van der Waals surface area (Å²) in [5.41, 5.74) is 0.696. The van der Waals surface area contributed by atoms with Crippen molar-refractivity contribution in [3.63, 3.8) is 0 Å². The third-order valence-electron chi connectivity index (χ3n) is 7.43. The highest BCUT2D eigenvalue weighted by atomic mass is 35.5. The Bertz CT molecular complexity index is 708. The fourth-order valence-electron chi connectivity index (χ4n) is 6.65. The Morgan fingerprint density at radius 2 is 1.77 bits per heavy atom. The molecule has 4 bridgehead atoms. The molecule has 26 heavy (non-hydrogen) atoms. The number of para-hydroxylation sites is 2. The van der Waals surface area contributed by atoms with Gasteiger partial charge < -0.3 is 9.84 Å².